The summed E-state index contributed by atoms with van der Waals surface area (Å²) in [5, 5.41) is 0. The van der Waals surface area contributed by atoms with Gasteiger partial charge in [-0.3, -0.25) is 0 Å². The second-order valence-corrected chi connectivity index (χ2v) is 2.04. The molecule has 5 heteroatoms. The highest BCUT2D eigenvalue weighted by Gasteiger charge is 2.11. The molecule has 1 aromatic rings. The molecule has 0 N–H and O–H groups in total. The van der Waals surface area contributed by atoms with Crippen molar-refractivity contribution in [2.24, 2.45) is 0 Å². The van der Waals surface area contributed by atoms with Gasteiger partial charge < -0.3 is 4.74 Å². The first-order valence-electron chi connectivity index (χ1n) is 3.02. The zero-order valence-electron chi connectivity index (χ0n) is 5.98. The van der Waals surface area contributed by atoms with Gasteiger partial charge in [0.1, 0.15) is 5.82 Å². The van der Waals surface area contributed by atoms with Crippen molar-refractivity contribution in [3.05, 3.63) is 36.5 Å². The summed E-state index contributed by atoms with van der Waals surface area (Å²) >= 11 is 0. The summed E-state index contributed by atoms with van der Waals surface area (Å²) < 4.78 is 41.7. The molecule has 1 heterocycles. The Hall–Kier alpha value is -1.10. The summed E-state index contributed by atoms with van der Waals surface area (Å²) in [7, 11) is 2.93. The number of halogens is 3. The van der Waals surface area contributed by atoms with Gasteiger partial charge in [0.05, 0.1) is 19.3 Å². The third kappa shape index (κ3) is 1.73. The second-order valence-electron chi connectivity index (χ2n) is 2.04. The Kier molecular flexibility index (Phi) is 2.65. The number of hydrogen-bond donors (Lipinski definition) is 0. The first kappa shape index (κ1) is 8.99. The molecule has 1 aromatic heterocycles. The second kappa shape index (κ2) is 3.53. The van der Waals surface area contributed by atoms with Gasteiger partial charge in [0.2, 0.25) is 11.9 Å². The lowest BCUT2D eigenvalue weighted by Crippen LogP contribution is -2.01. The normalized spacial score (nSPS) is 10.3. The van der Waals surface area contributed by atoms with Gasteiger partial charge in [0.25, 0.3) is 0 Å². The largest absolute Gasteiger partial charge is 0.374 e. The third-order valence-electron chi connectivity index (χ3n) is 1.23. The highest BCUT2D eigenvalue weighted by atomic mass is 19.1. The summed E-state index contributed by atoms with van der Waals surface area (Å²) in [6, 6.07) is 0.484. The van der Waals surface area contributed by atoms with Crippen LogP contribution in [0.4, 0.5) is 13.2 Å². The van der Waals surface area contributed by atoms with Gasteiger partial charge >= 0.3 is 0 Å². The molecule has 0 fully saturated rings. The molecule has 65 valence electrons. The van der Waals surface area contributed by atoms with Gasteiger partial charge in [-0.2, -0.15) is 13.8 Å². The Balaban J connectivity index is 3.10. The molecule has 0 bridgehead atoms. The fourth-order valence-corrected chi connectivity index (χ4v) is 0.714. The number of rotatable bonds is 2. The maximum absolute atomic E-state index is 12.7. The minimum absolute atomic E-state index is 0.370. The highest BCUT2D eigenvalue weighted by Crippen LogP contribution is 2.12. The molecule has 0 saturated heterocycles. The number of pyridine rings is 1. The van der Waals surface area contributed by atoms with Crippen LogP contribution in [0.2, 0.25) is 0 Å². The first-order chi connectivity index (χ1) is 5.65. The summed E-state index contributed by atoms with van der Waals surface area (Å²) in [5.41, 5.74) is -0.425. The zero-order valence-corrected chi connectivity index (χ0v) is 5.98. The monoisotopic (exact) mass is 176 g/mol. The van der Waals surface area contributed by atoms with Crippen LogP contribution < -0.4 is 0 Å². The van der Waals surface area contributed by atoms with Crippen LogP contribution in [0.1, 0.15) is 5.56 Å². The summed E-state index contributed by atoms with van der Waals surface area (Å²) in [6.45, 7) is -0.370. The van der Waals surface area contributed by atoms with E-state index in [1.807, 2.05) is 0 Å². The van der Waals surface area contributed by atoms with Crippen LogP contribution >= 0.6 is 0 Å². The molecule has 0 aromatic carbocycles. The van der Waals surface area contributed by atoms with Gasteiger partial charge in [-0.25, -0.2) is 4.39 Å². The molecule has 0 saturated carbocycles. The molecular formula is C7H5F3NO. The van der Waals surface area contributed by atoms with Crippen molar-refractivity contribution in [1.82, 2.24) is 4.98 Å². The molecule has 0 atom stereocenters. The lowest BCUT2D eigenvalue weighted by atomic mass is 10.3. The fourth-order valence-electron chi connectivity index (χ4n) is 0.714. The van der Waals surface area contributed by atoms with E-state index in [2.05, 4.69) is 16.8 Å². The van der Waals surface area contributed by atoms with Gasteiger partial charge in [0, 0.05) is 6.07 Å². The predicted octanol–water partition coefficient (Wildman–Crippen LogP) is 1.81. The average molecular weight is 176 g/mol. The Bertz CT molecular complexity index is 267. The lowest BCUT2D eigenvalue weighted by molar-refractivity contribution is 0.217. The smallest absolute Gasteiger partial charge is 0.224 e. The summed E-state index contributed by atoms with van der Waals surface area (Å²) in [4.78, 5) is 2.77. The highest BCUT2D eigenvalue weighted by molar-refractivity contribution is 5.13. The van der Waals surface area contributed by atoms with E-state index in [4.69, 9.17) is 0 Å². The summed E-state index contributed by atoms with van der Waals surface area (Å²) in [5.74, 6) is -3.43. The zero-order chi connectivity index (χ0) is 9.14. The molecule has 12 heavy (non-hydrogen) atoms. The van der Waals surface area contributed by atoms with Gasteiger partial charge in [-0.15, -0.1) is 0 Å². The molecule has 2 nitrogen and oxygen atoms in total. The van der Waals surface area contributed by atoms with Crippen LogP contribution in [0.15, 0.2) is 6.07 Å². The van der Waals surface area contributed by atoms with Gasteiger partial charge in [0.15, 0.2) is 0 Å². The van der Waals surface area contributed by atoms with E-state index in [-0.39, 0.29) is 6.61 Å². The van der Waals surface area contributed by atoms with E-state index < -0.39 is 23.3 Å². The number of aromatic nitrogens is 1. The molecule has 0 aliphatic carbocycles. The van der Waals surface area contributed by atoms with Crippen LogP contribution in [-0.4, -0.2) is 4.98 Å². The number of hydrogen-bond acceptors (Lipinski definition) is 2. The maximum atomic E-state index is 12.7. The SMILES string of the molecule is [CH2]OCc1c(F)cc(F)nc1F. The Labute approximate surface area is 67.0 Å². The quantitative estimate of drug-likeness (QED) is 0.641. The van der Waals surface area contributed by atoms with Crippen LogP contribution in [0, 0.1) is 24.8 Å². The predicted molar refractivity (Wildman–Crippen MR) is 34.3 cm³/mol. The van der Waals surface area contributed by atoms with Crippen LogP contribution in [0.3, 0.4) is 0 Å². The molecule has 1 rings (SSSR count). The van der Waals surface area contributed by atoms with Crippen LogP contribution in [-0.2, 0) is 11.3 Å². The molecule has 1 radical (unpaired) electrons. The van der Waals surface area contributed by atoms with Crippen molar-refractivity contribution < 1.29 is 17.9 Å². The third-order valence-corrected chi connectivity index (χ3v) is 1.23. The molecule has 0 aliphatic heterocycles. The fraction of sp³-hybridized carbons (Fsp3) is 0.143. The Morgan fingerprint density at radius 2 is 2.08 bits per heavy atom. The van der Waals surface area contributed by atoms with E-state index >= 15 is 0 Å². The lowest BCUT2D eigenvalue weighted by Gasteiger charge is -2.01. The van der Waals surface area contributed by atoms with Crippen molar-refractivity contribution in [2.75, 3.05) is 0 Å². The van der Waals surface area contributed by atoms with E-state index in [0.29, 0.717) is 6.07 Å². The van der Waals surface area contributed by atoms with Gasteiger partial charge in [-0.05, 0) is 0 Å². The molecule has 0 amide bonds. The molecule has 0 unspecified atom stereocenters. The standard InChI is InChI=1S/C7H5F3NO/c1-12-3-4-5(8)2-6(9)11-7(4)10/h2H,1,3H2. The average Bonchev–Trinajstić information content (AvgIpc) is 1.96. The van der Waals surface area contributed by atoms with E-state index in [0.717, 1.165) is 0 Å². The first-order valence-corrected chi connectivity index (χ1v) is 3.02. The molecule has 0 spiro atoms. The minimum atomic E-state index is -1.21. The van der Waals surface area contributed by atoms with Crippen molar-refractivity contribution in [3.63, 3.8) is 0 Å². The van der Waals surface area contributed by atoms with Crippen molar-refractivity contribution in [2.45, 2.75) is 6.61 Å². The Morgan fingerprint density at radius 3 is 2.58 bits per heavy atom. The molecular weight excluding hydrogens is 171 g/mol. The van der Waals surface area contributed by atoms with Crippen LogP contribution in [0.25, 0.3) is 0 Å². The number of ether oxygens (including phenoxy) is 1. The Morgan fingerprint density at radius 1 is 1.42 bits per heavy atom. The topological polar surface area (TPSA) is 22.1 Å². The molecule has 0 aliphatic rings. The van der Waals surface area contributed by atoms with Crippen molar-refractivity contribution in [3.8, 4) is 0 Å². The van der Waals surface area contributed by atoms with Crippen molar-refractivity contribution in [1.29, 1.82) is 0 Å². The maximum Gasteiger partial charge on any atom is 0.224 e. The van der Waals surface area contributed by atoms with Crippen molar-refractivity contribution >= 4 is 0 Å². The minimum Gasteiger partial charge on any atom is -0.374 e. The number of nitrogens with zero attached hydrogens (tertiary/aromatic N) is 1. The van der Waals surface area contributed by atoms with E-state index in [9.17, 15) is 13.2 Å². The van der Waals surface area contributed by atoms with E-state index in [1.54, 1.807) is 0 Å². The summed E-state index contributed by atoms with van der Waals surface area (Å²) in [6.07, 6.45) is 0. The van der Waals surface area contributed by atoms with E-state index in [1.165, 1.54) is 0 Å². The van der Waals surface area contributed by atoms with Gasteiger partial charge in [-0.1, -0.05) is 0 Å². The van der Waals surface area contributed by atoms with Crippen LogP contribution in [0.5, 0.6) is 0 Å².